The molecule has 6 heteroatoms. The van der Waals surface area contributed by atoms with Crippen LogP contribution in [-0.2, 0) is 9.47 Å². The zero-order valence-corrected chi connectivity index (χ0v) is 15.5. The Hall–Kier alpha value is -0.850. The molecule has 0 aromatic rings. The van der Waals surface area contributed by atoms with Crippen molar-refractivity contribution in [3.05, 3.63) is 0 Å². The van der Waals surface area contributed by atoms with Gasteiger partial charge in [0.15, 0.2) is 0 Å². The van der Waals surface area contributed by atoms with Crippen LogP contribution in [0.2, 0.25) is 0 Å². The Morgan fingerprint density at radius 2 is 2.00 bits per heavy atom. The number of urea groups is 1. The minimum atomic E-state index is -0.301. The molecule has 1 spiro atoms. The van der Waals surface area contributed by atoms with E-state index in [-0.39, 0.29) is 23.2 Å². The van der Waals surface area contributed by atoms with Gasteiger partial charge in [0.25, 0.3) is 0 Å². The average Bonchev–Trinajstić information content (AvgIpc) is 3.13. The molecular weight excluding hydrogens is 306 g/mol. The molecule has 2 heterocycles. The first-order valence-corrected chi connectivity index (χ1v) is 9.38. The fourth-order valence-electron chi connectivity index (χ4n) is 4.70. The molecule has 3 fully saturated rings. The van der Waals surface area contributed by atoms with Gasteiger partial charge in [0.1, 0.15) is 5.60 Å². The highest BCUT2D eigenvalue weighted by atomic mass is 16.6. The molecule has 3 aliphatic rings. The maximum Gasteiger partial charge on any atom is 0.317 e. The van der Waals surface area contributed by atoms with Crippen LogP contribution in [0.15, 0.2) is 0 Å². The van der Waals surface area contributed by atoms with E-state index >= 15 is 0 Å². The van der Waals surface area contributed by atoms with E-state index in [4.69, 9.17) is 9.47 Å². The molecule has 0 bridgehead atoms. The van der Waals surface area contributed by atoms with E-state index in [2.05, 4.69) is 31.2 Å². The number of hydrogen-bond donors (Lipinski definition) is 1. The fourth-order valence-corrected chi connectivity index (χ4v) is 4.70. The summed E-state index contributed by atoms with van der Waals surface area (Å²) in [7, 11) is 4.24. The first kappa shape index (κ1) is 18.0. The van der Waals surface area contributed by atoms with Crippen LogP contribution in [0.25, 0.3) is 0 Å². The van der Waals surface area contributed by atoms with Crippen molar-refractivity contribution >= 4 is 6.03 Å². The van der Waals surface area contributed by atoms with Gasteiger partial charge in [-0.1, -0.05) is 12.8 Å². The maximum atomic E-state index is 12.7. The highest BCUT2D eigenvalue weighted by Crippen LogP contribution is 2.38. The van der Waals surface area contributed by atoms with Gasteiger partial charge in [-0.25, -0.2) is 4.79 Å². The molecule has 0 aromatic carbocycles. The molecular formula is C18H33N3O3. The first-order valence-electron chi connectivity index (χ1n) is 9.38. The van der Waals surface area contributed by atoms with Crippen molar-refractivity contribution in [3.8, 4) is 0 Å². The topological polar surface area (TPSA) is 54.0 Å². The van der Waals surface area contributed by atoms with Crippen LogP contribution in [0.1, 0.15) is 39.0 Å². The Morgan fingerprint density at radius 3 is 2.62 bits per heavy atom. The smallest absolute Gasteiger partial charge is 0.317 e. The zero-order valence-electron chi connectivity index (χ0n) is 15.5. The van der Waals surface area contributed by atoms with Crippen molar-refractivity contribution in [2.75, 3.05) is 53.5 Å². The quantitative estimate of drug-likeness (QED) is 0.847. The molecule has 1 saturated carbocycles. The van der Waals surface area contributed by atoms with Crippen LogP contribution in [0.3, 0.4) is 0 Å². The van der Waals surface area contributed by atoms with Gasteiger partial charge in [0.2, 0.25) is 0 Å². The molecule has 2 saturated heterocycles. The Morgan fingerprint density at radius 1 is 1.25 bits per heavy atom. The summed E-state index contributed by atoms with van der Waals surface area (Å²) >= 11 is 0. The van der Waals surface area contributed by atoms with Gasteiger partial charge in [-0.15, -0.1) is 0 Å². The molecule has 6 nitrogen and oxygen atoms in total. The number of nitrogens with zero attached hydrogens (tertiary/aromatic N) is 2. The monoisotopic (exact) mass is 339 g/mol. The van der Waals surface area contributed by atoms with Crippen LogP contribution in [0.4, 0.5) is 4.79 Å². The second kappa shape index (κ2) is 7.18. The lowest BCUT2D eigenvalue weighted by Gasteiger charge is -2.42. The molecule has 1 N–H and O–H groups in total. The number of nitrogens with one attached hydrogen (secondary N) is 1. The molecule has 2 atom stereocenters. The van der Waals surface area contributed by atoms with Gasteiger partial charge in [0.05, 0.1) is 19.3 Å². The third-order valence-corrected chi connectivity index (χ3v) is 6.06. The van der Waals surface area contributed by atoms with E-state index in [0.29, 0.717) is 19.7 Å². The van der Waals surface area contributed by atoms with Gasteiger partial charge < -0.3 is 24.6 Å². The number of rotatable bonds is 4. The predicted octanol–water partition coefficient (Wildman–Crippen LogP) is 1.70. The fraction of sp³-hybridized carbons (Fsp3) is 0.944. The summed E-state index contributed by atoms with van der Waals surface area (Å²) in [6, 6.07) is 0.0572. The molecule has 2 amide bonds. The Kier molecular flexibility index (Phi) is 5.37. The number of morpholine rings is 1. The molecule has 0 radical (unpaired) electrons. The van der Waals surface area contributed by atoms with Crippen molar-refractivity contribution < 1.29 is 14.3 Å². The number of carbonyl (C=O) groups is 1. The largest absolute Gasteiger partial charge is 0.375 e. The summed E-state index contributed by atoms with van der Waals surface area (Å²) < 4.78 is 11.7. The van der Waals surface area contributed by atoms with E-state index < -0.39 is 0 Å². The lowest BCUT2D eigenvalue weighted by Crippen LogP contribution is -2.59. The van der Waals surface area contributed by atoms with E-state index in [0.717, 1.165) is 26.1 Å². The Labute approximate surface area is 145 Å². The maximum absolute atomic E-state index is 12.7. The van der Waals surface area contributed by atoms with Gasteiger partial charge >= 0.3 is 6.03 Å². The Balaban J connectivity index is 1.56. The van der Waals surface area contributed by atoms with E-state index in [1.54, 1.807) is 0 Å². The predicted molar refractivity (Wildman–Crippen MR) is 93.1 cm³/mol. The number of ether oxygens (including phenoxy) is 2. The lowest BCUT2D eigenvalue weighted by molar-refractivity contribution is -0.125. The average molecular weight is 339 g/mol. The van der Waals surface area contributed by atoms with Crippen LogP contribution in [-0.4, -0.2) is 81.0 Å². The molecule has 2 aliphatic heterocycles. The molecule has 1 aliphatic carbocycles. The highest BCUT2D eigenvalue weighted by molar-refractivity contribution is 5.74. The van der Waals surface area contributed by atoms with E-state index in [1.807, 2.05) is 4.90 Å². The summed E-state index contributed by atoms with van der Waals surface area (Å²) in [6.07, 6.45) is 5.91. The zero-order chi connectivity index (χ0) is 17.2. The van der Waals surface area contributed by atoms with Crippen molar-refractivity contribution in [2.24, 2.45) is 5.41 Å². The van der Waals surface area contributed by atoms with Crippen LogP contribution >= 0.6 is 0 Å². The minimum Gasteiger partial charge on any atom is -0.375 e. The van der Waals surface area contributed by atoms with E-state index in [1.165, 1.54) is 25.7 Å². The molecule has 138 valence electrons. The third kappa shape index (κ3) is 3.70. The van der Waals surface area contributed by atoms with Crippen molar-refractivity contribution in [1.82, 2.24) is 15.1 Å². The van der Waals surface area contributed by atoms with Crippen molar-refractivity contribution in [2.45, 2.75) is 50.7 Å². The standard InChI is InChI=1S/C18H33N3O3/c1-15-18(8-10-23-15)14-21(9-11-24-18)16(22)19-12-17(13-20(2)3)6-4-5-7-17/h15H,4-14H2,1-3H3,(H,19,22)/t15-,18+/m1/s1. The summed E-state index contributed by atoms with van der Waals surface area (Å²) in [5, 5.41) is 3.23. The highest BCUT2D eigenvalue weighted by Gasteiger charge is 2.47. The summed E-state index contributed by atoms with van der Waals surface area (Å²) in [4.78, 5) is 16.9. The number of hydrogen-bond acceptors (Lipinski definition) is 4. The Bertz CT molecular complexity index is 451. The minimum absolute atomic E-state index is 0.0572. The number of amides is 2. The molecule has 24 heavy (non-hydrogen) atoms. The van der Waals surface area contributed by atoms with Crippen LogP contribution in [0, 0.1) is 5.41 Å². The van der Waals surface area contributed by atoms with Crippen LogP contribution in [0.5, 0.6) is 0 Å². The SMILES string of the molecule is C[C@H]1OCC[C@]12CN(C(=O)NCC1(CN(C)C)CCCC1)CCO2. The van der Waals surface area contributed by atoms with Crippen molar-refractivity contribution in [1.29, 1.82) is 0 Å². The number of carbonyl (C=O) groups excluding carboxylic acids is 1. The third-order valence-electron chi connectivity index (χ3n) is 6.06. The molecule has 0 unspecified atom stereocenters. The normalized spacial score (nSPS) is 32.7. The van der Waals surface area contributed by atoms with Crippen molar-refractivity contribution in [3.63, 3.8) is 0 Å². The first-order chi connectivity index (χ1) is 11.4. The van der Waals surface area contributed by atoms with Gasteiger partial charge in [-0.3, -0.25) is 0 Å². The lowest BCUT2D eigenvalue weighted by atomic mass is 9.85. The second-order valence-corrected chi connectivity index (χ2v) is 8.20. The van der Waals surface area contributed by atoms with Gasteiger partial charge in [-0.05, 0) is 33.9 Å². The van der Waals surface area contributed by atoms with Gasteiger partial charge in [0, 0.05) is 38.1 Å². The van der Waals surface area contributed by atoms with E-state index in [9.17, 15) is 4.79 Å². The summed E-state index contributed by atoms with van der Waals surface area (Å²) in [5.74, 6) is 0. The summed E-state index contributed by atoms with van der Waals surface area (Å²) in [5.41, 5.74) is -0.0584. The molecule has 0 aromatic heterocycles. The van der Waals surface area contributed by atoms with Crippen LogP contribution < -0.4 is 5.32 Å². The summed E-state index contributed by atoms with van der Waals surface area (Å²) in [6.45, 7) is 6.51. The molecule has 3 rings (SSSR count). The second-order valence-electron chi connectivity index (χ2n) is 8.20. The van der Waals surface area contributed by atoms with Gasteiger partial charge in [-0.2, -0.15) is 0 Å².